The van der Waals surface area contributed by atoms with Gasteiger partial charge in [0.05, 0.1) is 5.69 Å². The Labute approximate surface area is 104 Å². The molecule has 17 heavy (non-hydrogen) atoms. The summed E-state index contributed by atoms with van der Waals surface area (Å²) in [6.07, 6.45) is 1.08. The van der Waals surface area contributed by atoms with Crippen LogP contribution in [0.1, 0.15) is 17.4 Å². The molecule has 0 aliphatic carbocycles. The zero-order chi connectivity index (χ0) is 12.1. The number of ether oxygens (including phenoxy) is 1. The number of hydrogen-bond donors (Lipinski definition) is 0. The van der Waals surface area contributed by atoms with E-state index in [0.29, 0.717) is 5.69 Å². The topological polar surface area (TPSA) is 39.2 Å². The summed E-state index contributed by atoms with van der Waals surface area (Å²) >= 11 is 5.28. The first-order valence-corrected chi connectivity index (χ1v) is 5.47. The van der Waals surface area contributed by atoms with Gasteiger partial charge >= 0.3 is 5.43 Å². The van der Waals surface area contributed by atoms with Crippen molar-refractivity contribution in [3.05, 3.63) is 66.0 Å². The third-order valence-corrected chi connectivity index (χ3v) is 2.36. The molecule has 1 aromatic heterocycles. The van der Waals surface area contributed by atoms with Crippen molar-refractivity contribution in [3.8, 4) is 0 Å². The van der Waals surface area contributed by atoms with E-state index in [-0.39, 0.29) is 0 Å². The molecule has 1 atom stereocenters. The summed E-state index contributed by atoms with van der Waals surface area (Å²) in [7, 11) is 0. The number of carbonyl (C=O) groups excluding carboxylic acids is 1. The van der Waals surface area contributed by atoms with Crippen molar-refractivity contribution in [2.45, 2.75) is 6.10 Å². The number of halogens is 1. The summed E-state index contributed by atoms with van der Waals surface area (Å²) in [4.78, 5) is 15.1. The zero-order valence-electron chi connectivity index (χ0n) is 8.92. The smallest absolute Gasteiger partial charge is 0.404 e. The second kappa shape index (κ2) is 5.46. The second-order valence-corrected chi connectivity index (χ2v) is 3.71. The highest BCUT2D eigenvalue weighted by atomic mass is 35.5. The lowest BCUT2D eigenvalue weighted by atomic mass is 10.1. The number of pyridine rings is 1. The molecule has 3 nitrogen and oxygen atoms in total. The molecule has 0 saturated heterocycles. The summed E-state index contributed by atoms with van der Waals surface area (Å²) in [6, 6.07) is 14.8. The average Bonchev–Trinajstić information content (AvgIpc) is 2.38. The largest absolute Gasteiger partial charge is 0.439 e. The van der Waals surface area contributed by atoms with Gasteiger partial charge in [-0.05, 0) is 17.7 Å². The molecule has 86 valence electrons. The molecule has 0 radical (unpaired) electrons. The first kappa shape index (κ1) is 11.6. The Hall–Kier alpha value is -1.87. The van der Waals surface area contributed by atoms with Gasteiger partial charge in [-0.1, -0.05) is 36.4 Å². The van der Waals surface area contributed by atoms with Crippen molar-refractivity contribution >= 4 is 17.0 Å². The summed E-state index contributed by atoms with van der Waals surface area (Å²) in [6.45, 7) is 0. The Morgan fingerprint density at radius 1 is 1.12 bits per heavy atom. The van der Waals surface area contributed by atoms with Crippen LogP contribution in [-0.2, 0) is 4.74 Å². The van der Waals surface area contributed by atoms with E-state index in [9.17, 15) is 4.79 Å². The molecule has 0 aliphatic rings. The fraction of sp³-hybridized carbons (Fsp3) is 0.0769. The van der Waals surface area contributed by atoms with Crippen molar-refractivity contribution < 1.29 is 9.53 Å². The standard InChI is InChI=1S/C13H10ClNO2/c14-13(16)17-12(10-6-2-1-3-7-10)11-8-4-5-9-15-11/h1-9,12H. The monoisotopic (exact) mass is 247 g/mol. The van der Waals surface area contributed by atoms with E-state index in [1.165, 1.54) is 0 Å². The van der Waals surface area contributed by atoms with E-state index in [2.05, 4.69) is 4.98 Å². The predicted octanol–water partition coefficient (Wildman–Crippen LogP) is 3.55. The first-order chi connectivity index (χ1) is 8.27. The Morgan fingerprint density at radius 2 is 1.82 bits per heavy atom. The molecule has 1 unspecified atom stereocenters. The minimum Gasteiger partial charge on any atom is -0.439 e. The summed E-state index contributed by atoms with van der Waals surface area (Å²) in [5, 5.41) is 0. The maximum absolute atomic E-state index is 10.9. The molecule has 1 heterocycles. The molecule has 4 heteroatoms. The summed E-state index contributed by atoms with van der Waals surface area (Å²) in [5.41, 5.74) is 0.636. The molecule has 0 saturated carbocycles. The van der Waals surface area contributed by atoms with E-state index >= 15 is 0 Å². The summed E-state index contributed by atoms with van der Waals surface area (Å²) < 4.78 is 5.09. The molecule has 0 bridgehead atoms. The van der Waals surface area contributed by atoms with Gasteiger partial charge < -0.3 is 4.74 Å². The first-order valence-electron chi connectivity index (χ1n) is 5.09. The highest BCUT2D eigenvalue weighted by Crippen LogP contribution is 2.24. The predicted molar refractivity (Wildman–Crippen MR) is 64.9 cm³/mol. The van der Waals surface area contributed by atoms with Gasteiger partial charge in [-0.3, -0.25) is 4.98 Å². The summed E-state index contributed by atoms with van der Waals surface area (Å²) in [5.74, 6) is 0. The van der Waals surface area contributed by atoms with Gasteiger partial charge in [-0.15, -0.1) is 0 Å². The lowest BCUT2D eigenvalue weighted by molar-refractivity contribution is 0.140. The Kier molecular flexibility index (Phi) is 3.73. The van der Waals surface area contributed by atoms with E-state index in [4.69, 9.17) is 16.3 Å². The molecule has 2 rings (SSSR count). The minimum absolute atomic E-state index is 0.567. The van der Waals surface area contributed by atoms with Crippen LogP contribution in [0.2, 0.25) is 0 Å². The number of hydrogen-bond acceptors (Lipinski definition) is 3. The van der Waals surface area contributed by atoms with Crippen LogP contribution in [-0.4, -0.2) is 10.4 Å². The van der Waals surface area contributed by atoms with Gasteiger partial charge in [-0.2, -0.15) is 0 Å². The van der Waals surface area contributed by atoms with Crippen LogP contribution in [0.15, 0.2) is 54.7 Å². The molecular formula is C13H10ClNO2. The number of aromatic nitrogens is 1. The maximum Gasteiger partial charge on any atom is 0.404 e. The van der Waals surface area contributed by atoms with Crippen molar-refractivity contribution in [1.82, 2.24) is 4.98 Å². The quantitative estimate of drug-likeness (QED) is 0.779. The fourth-order valence-electron chi connectivity index (χ4n) is 1.55. The van der Waals surface area contributed by atoms with Crippen molar-refractivity contribution in [2.24, 2.45) is 0 Å². The van der Waals surface area contributed by atoms with Crippen LogP contribution in [0, 0.1) is 0 Å². The zero-order valence-corrected chi connectivity index (χ0v) is 9.67. The average molecular weight is 248 g/mol. The lowest BCUT2D eigenvalue weighted by Crippen LogP contribution is -2.09. The molecule has 0 amide bonds. The third kappa shape index (κ3) is 3.04. The van der Waals surface area contributed by atoms with Crippen LogP contribution in [0.25, 0.3) is 0 Å². The Morgan fingerprint density at radius 3 is 2.41 bits per heavy atom. The van der Waals surface area contributed by atoms with Gasteiger partial charge in [0.1, 0.15) is 0 Å². The van der Waals surface area contributed by atoms with Crippen molar-refractivity contribution in [2.75, 3.05) is 0 Å². The molecule has 0 spiro atoms. The molecule has 0 aliphatic heterocycles. The Balaban J connectivity index is 2.36. The molecule has 2 aromatic rings. The molecule has 0 fully saturated rings. The van der Waals surface area contributed by atoms with Crippen LogP contribution >= 0.6 is 11.6 Å². The number of carbonyl (C=O) groups is 1. The Bertz CT molecular complexity index is 448. The van der Waals surface area contributed by atoms with Crippen molar-refractivity contribution in [3.63, 3.8) is 0 Å². The van der Waals surface area contributed by atoms with Crippen LogP contribution in [0.5, 0.6) is 0 Å². The fourth-order valence-corrected chi connectivity index (χ4v) is 1.64. The van der Waals surface area contributed by atoms with Crippen molar-refractivity contribution in [1.29, 1.82) is 0 Å². The second-order valence-electron chi connectivity index (χ2n) is 3.40. The lowest BCUT2D eigenvalue weighted by Gasteiger charge is -2.15. The number of rotatable bonds is 3. The van der Waals surface area contributed by atoms with Gasteiger partial charge in [0, 0.05) is 17.8 Å². The number of benzene rings is 1. The van der Waals surface area contributed by atoms with Crippen LogP contribution in [0.3, 0.4) is 0 Å². The number of nitrogens with zero attached hydrogens (tertiary/aromatic N) is 1. The molecule has 0 N–H and O–H groups in total. The highest BCUT2D eigenvalue weighted by molar-refractivity contribution is 6.61. The van der Waals surface area contributed by atoms with Crippen LogP contribution < -0.4 is 0 Å². The maximum atomic E-state index is 10.9. The third-order valence-electron chi connectivity index (χ3n) is 2.27. The van der Waals surface area contributed by atoms with Gasteiger partial charge in [0.15, 0.2) is 6.10 Å². The van der Waals surface area contributed by atoms with E-state index in [1.54, 1.807) is 18.3 Å². The minimum atomic E-state index is -0.843. The SMILES string of the molecule is O=C(Cl)OC(c1ccccc1)c1ccccn1. The molecule has 1 aromatic carbocycles. The molecular weight excluding hydrogens is 238 g/mol. The van der Waals surface area contributed by atoms with E-state index < -0.39 is 11.5 Å². The highest BCUT2D eigenvalue weighted by Gasteiger charge is 2.18. The van der Waals surface area contributed by atoms with E-state index in [1.807, 2.05) is 36.4 Å². The normalized spacial score (nSPS) is 11.8. The van der Waals surface area contributed by atoms with E-state index in [0.717, 1.165) is 5.56 Å². The van der Waals surface area contributed by atoms with Gasteiger partial charge in [0.25, 0.3) is 0 Å². The van der Waals surface area contributed by atoms with Gasteiger partial charge in [0.2, 0.25) is 0 Å². The van der Waals surface area contributed by atoms with Crippen LogP contribution in [0.4, 0.5) is 4.79 Å². The van der Waals surface area contributed by atoms with Gasteiger partial charge in [-0.25, -0.2) is 4.79 Å².